The van der Waals surface area contributed by atoms with Gasteiger partial charge in [-0.05, 0) is 75.0 Å². The Labute approximate surface area is 140 Å². The van der Waals surface area contributed by atoms with Crippen LogP contribution in [0.25, 0.3) is 0 Å². The lowest BCUT2D eigenvalue weighted by atomic mass is 9.65. The van der Waals surface area contributed by atoms with Crippen molar-refractivity contribution in [3.8, 4) is 11.5 Å². The van der Waals surface area contributed by atoms with Gasteiger partial charge in [0, 0.05) is 5.56 Å². The van der Waals surface area contributed by atoms with Gasteiger partial charge in [0.25, 0.3) is 0 Å². The SMILES string of the molecule is C=C1CCCC(C)(C)[C@H]1CCC(C)=CCc1cc(O)ccc1O. The lowest BCUT2D eigenvalue weighted by Gasteiger charge is -2.40. The van der Waals surface area contributed by atoms with E-state index in [1.165, 1.54) is 36.5 Å². The van der Waals surface area contributed by atoms with E-state index in [4.69, 9.17) is 0 Å². The molecule has 2 heteroatoms. The molecule has 0 heterocycles. The average molecular weight is 314 g/mol. The Morgan fingerprint density at radius 3 is 2.78 bits per heavy atom. The smallest absolute Gasteiger partial charge is 0.119 e. The summed E-state index contributed by atoms with van der Waals surface area (Å²) in [4.78, 5) is 0. The lowest BCUT2D eigenvalue weighted by Crippen LogP contribution is -2.29. The van der Waals surface area contributed by atoms with E-state index in [9.17, 15) is 10.2 Å². The predicted octanol–water partition coefficient (Wildman–Crippen LogP) is 5.75. The van der Waals surface area contributed by atoms with Crippen LogP contribution < -0.4 is 0 Å². The minimum Gasteiger partial charge on any atom is -0.508 e. The molecule has 1 aromatic carbocycles. The topological polar surface area (TPSA) is 40.5 Å². The van der Waals surface area contributed by atoms with Crippen molar-refractivity contribution in [1.29, 1.82) is 0 Å². The third kappa shape index (κ3) is 4.63. The molecule has 2 N–H and O–H groups in total. The second kappa shape index (κ2) is 7.25. The Morgan fingerprint density at radius 2 is 2.09 bits per heavy atom. The molecule has 0 spiro atoms. The molecule has 1 atom stereocenters. The molecule has 1 aliphatic rings. The van der Waals surface area contributed by atoms with E-state index in [2.05, 4.69) is 33.4 Å². The molecule has 2 rings (SSSR count). The molecule has 126 valence electrons. The third-order valence-electron chi connectivity index (χ3n) is 5.32. The molecule has 0 aliphatic heterocycles. The predicted molar refractivity (Wildman–Crippen MR) is 96.7 cm³/mol. The molecule has 1 aliphatic carbocycles. The van der Waals surface area contributed by atoms with Crippen molar-refractivity contribution >= 4 is 0 Å². The van der Waals surface area contributed by atoms with Gasteiger partial charge in [0.1, 0.15) is 11.5 Å². The zero-order valence-corrected chi connectivity index (χ0v) is 14.7. The van der Waals surface area contributed by atoms with E-state index in [-0.39, 0.29) is 11.5 Å². The van der Waals surface area contributed by atoms with Gasteiger partial charge in [-0.15, -0.1) is 0 Å². The molecular formula is C21H30O2. The number of hydrogen-bond acceptors (Lipinski definition) is 2. The molecule has 0 bridgehead atoms. The van der Waals surface area contributed by atoms with Crippen molar-refractivity contribution in [2.75, 3.05) is 0 Å². The Balaban J connectivity index is 1.94. The molecule has 0 amide bonds. The monoisotopic (exact) mass is 314 g/mol. The number of allylic oxidation sites excluding steroid dienone is 3. The Bertz CT molecular complexity index is 596. The van der Waals surface area contributed by atoms with Crippen molar-refractivity contribution < 1.29 is 10.2 Å². The van der Waals surface area contributed by atoms with Crippen LogP contribution in [-0.4, -0.2) is 10.2 Å². The van der Waals surface area contributed by atoms with Crippen molar-refractivity contribution in [3.05, 3.63) is 47.6 Å². The van der Waals surface area contributed by atoms with Gasteiger partial charge in [0.05, 0.1) is 0 Å². The summed E-state index contributed by atoms with van der Waals surface area (Å²) in [6.07, 6.45) is 8.76. The molecule has 1 fully saturated rings. The van der Waals surface area contributed by atoms with Crippen LogP contribution >= 0.6 is 0 Å². The van der Waals surface area contributed by atoms with Crippen molar-refractivity contribution in [2.45, 2.75) is 59.3 Å². The Kier molecular flexibility index (Phi) is 5.56. The molecule has 2 nitrogen and oxygen atoms in total. The van der Waals surface area contributed by atoms with E-state index >= 15 is 0 Å². The fourth-order valence-electron chi connectivity index (χ4n) is 3.76. The summed E-state index contributed by atoms with van der Waals surface area (Å²) in [5.41, 5.74) is 3.88. The van der Waals surface area contributed by atoms with E-state index in [1.54, 1.807) is 12.1 Å². The van der Waals surface area contributed by atoms with Gasteiger partial charge in [-0.1, -0.05) is 37.6 Å². The van der Waals surface area contributed by atoms with Gasteiger partial charge in [-0.3, -0.25) is 0 Å². The fraction of sp³-hybridized carbons (Fsp3) is 0.524. The zero-order chi connectivity index (χ0) is 17.0. The Morgan fingerprint density at radius 1 is 1.35 bits per heavy atom. The number of aromatic hydroxyl groups is 2. The molecule has 0 saturated heterocycles. The molecule has 1 aromatic rings. The maximum atomic E-state index is 9.83. The minimum absolute atomic E-state index is 0.198. The summed E-state index contributed by atoms with van der Waals surface area (Å²) < 4.78 is 0. The first-order valence-electron chi connectivity index (χ1n) is 8.64. The molecule has 0 unspecified atom stereocenters. The zero-order valence-electron chi connectivity index (χ0n) is 14.7. The van der Waals surface area contributed by atoms with Gasteiger partial charge in [0.2, 0.25) is 0 Å². The first kappa shape index (κ1) is 17.7. The van der Waals surface area contributed by atoms with Crippen LogP contribution in [-0.2, 0) is 6.42 Å². The highest BCUT2D eigenvalue weighted by Crippen LogP contribution is 2.45. The number of rotatable bonds is 5. The Hall–Kier alpha value is -1.70. The van der Waals surface area contributed by atoms with E-state index < -0.39 is 0 Å². The van der Waals surface area contributed by atoms with Crippen LogP contribution in [0.2, 0.25) is 0 Å². The quantitative estimate of drug-likeness (QED) is 0.536. The van der Waals surface area contributed by atoms with Crippen LogP contribution in [0.3, 0.4) is 0 Å². The summed E-state index contributed by atoms with van der Waals surface area (Å²) in [5.74, 6) is 1.05. The first-order valence-corrected chi connectivity index (χ1v) is 8.64. The van der Waals surface area contributed by atoms with Crippen molar-refractivity contribution in [2.24, 2.45) is 11.3 Å². The van der Waals surface area contributed by atoms with Crippen LogP contribution in [0.15, 0.2) is 42.0 Å². The largest absolute Gasteiger partial charge is 0.508 e. The third-order valence-corrected chi connectivity index (χ3v) is 5.32. The summed E-state index contributed by atoms with van der Waals surface area (Å²) in [6, 6.07) is 4.68. The van der Waals surface area contributed by atoms with Crippen LogP contribution in [0.4, 0.5) is 0 Å². The van der Waals surface area contributed by atoms with E-state index in [0.717, 1.165) is 18.4 Å². The molecule has 0 aromatic heterocycles. The van der Waals surface area contributed by atoms with E-state index in [1.807, 2.05) is 0 Å². The second-order valence-corrected chi connectivity index (χ2v) is 7.66. The number of phenols is 2. The maximum Gasteiger partial charge on any atom is 0.119 e. The number of hydrogen-bond donors (Lipinski definition) is 2. The van der Waals surface area contributed by atoms with Gasteiger partial charge >= 0.3 is 0 Å². The minimum atomic E-state index is 0.198. The average Bonchev–Trinajstić information content (AvgIpc) is 2.47. The van der Waals surface area contributed by atoms with Gasteiger partial charge < -0.3 is 10.2 Å². The normalized spacial score (nSPS) is 21.4. The van der Waals surface area contributed by atoms with Gasteiger partial charge in [0.15, 0.2) is 0 Å². The van der Waals surface area contributed by atoms with E-state index in [0.29, 0.717) is 17.8 Å². The first-order chi connectivity index (χ1) is 10.8. The summed E-state index contributed by atoms with van der Waals surface area (Å²) in [7, 11) is 0. The molecular weight excluding hydrogens is 284 g/mol. The van der Waals surface area contributed by atoms with Crippen molar-refractivity contribution in [1.82, 2.24) is 0 Å². The van der Waals surface area contributed by atoms with Crippen LogP contribution in [0.5, 0.6) is 11.5 Å². The molecule has 0 radical (unpaired) electrons. The van der Waals surface area contributed by atoms with Crippen molar-refractivity contribution in [3.63, 3.8) is 0 Å². The highest BCUT2D eigenvalue weighted by molar-refractivity contribution is 5.39. The summed E-state index contributed by atoms with van der Waals surface area (Å²) in [5, 5.41) is 19.4. The number of phenolic OH excluding ortho intramolecular Hbond substituents is 2. The standard InChI is InChI=1S/C21H30O2/c1-15(7-9-17-14-18(22)10-12-20(17)23)8-11-19-16(2)6-5-13-21(19,3)4/h7,10,12,14,19,22-23H,2,5-6,8-9,11,13H2,1,3-4H3/t19-/m0/s1. The molecule has 1 saturated carbocycles. The second-order valence-electron chi connectivity index (χ2n) is 7.66. The van der Waals surface area contributed by atoms with Gasteiger partial charge in [-0.25, -0.2) is 0 Å². The fourth-order valence-corrected chi connectivity index (χ4v) is 3.76. The summed E-state index contributed by atoms with van der Waals surface area (Å²) >= 11 is 0. The van der Waals surface area contributed by atoms with Gasteiger partial charge in [-0.2, -0.15) is 0 Å². The van der Waals surface area contributed by atoms with Crippen LogP contribution in [0.1, 0.15) is 58.4 Å². The molecule has 23 heavy (non-hydrogen) atoms. The maximum absolute atomic E-state index is 9.83. The van der Waals surface area contributed by atoms with Crippen LogP contribution in [0, 0.1) is 11.3 Å². The summed E-state index contributed by atoms with van der Waals surface area (Å²) in [6.45, 7) is 11.2. The number of benzene rings is 1. The highest BCUT2D eigenvalue weighted by Gasteiger charge is 2.33. The highest BCUT2D eigenvalue weighted by atomic mass is 16.3. The lowest BCUT2D eigenvalue weighted by molar-refractivity contribution is 0.180.